The highest BCUT2D eigenvalue weighted by molar-refractivity contribution is 7.99. The Hall–Kier alpha value is -2.12. The van der Waals surface area contributed by atoms with E-state index >= 15 is 0 Å². The first-order chi connectivity index (χ1) is 12.6. The van der Waals surface area contributed by atoms with Crippen LogP contribution in [-0.4, -0.2) is 26.4 Å². The van der Waals surface area contributed by atoms with Gasteiger partial charge in [-0.1, -0.05) is 35.5 Å². The van der Waals surface area contributed by atoms with E-state index in [0.717, 1.165) is 40.0 Å². The molecule has 134 valence electrons. The zero-order chi connectivity index (χ0) is 18.1. The van der Waals surface area contributed by atoms with Crippen molar-refractivity contribution in [2.24, 2.45) is 0 Å². The molecule has 1 aliphatic rings. The third kappa shape index (κ3) is 3.68. The van der Waals surface area contributed by atoms with Crippen molar-refractivity contribution in [3.05, 3.63) is 46.8 Å². The van der Waals surface area contributed by atoms with E-state index in [0.29, 0.717) is 11.8 Å². The molecule has 0 spiro atoms. The van der Waals surface area contributed by atoms with E-state index in [-0.39, 0.29) is 5.91 Å². The van der Waals surface area contributed by atoms with Crippen LogP contribution in [0.2, 0.25) is 0 Å². The normalized spacial score (nSPS) is 13.8. The largest absolute Gasteiger partial charge is 0.325 e. The lowest BCUT2D eigenvalue weighted by Gasteiger charge is -2.10. The zero-order valence-corrected chi connectivity index (χ0v) is 16.4. The number of rotatable bonds is 6. The van der Waals surface area contributed by atoms with E-state index in [2.05, 4.69) is 32.2 Å². The summed E-state index contributed by atoms with van der Waals surface area (Å²) in [5.74, 6) is 1.22. The van der Waals surface area contributed by atoms with Crippen LogP contribution in [-0.2, 0) is 4.79 Å². The van der Waals surface area contributed by atoms with Crippen molar-refractivity contribution in [3.8, 4) is 10.7 Å². The molecule has 26 heavy (non-hydrogen) atoms. The van der Waals surface area contributed by atoms with Crippen LogP contribution in [0.4, 0.5) is 5.69 Å². The van der Waals surface area contributed by atoms with E-state index in [1.165, 1.54) is 17.3 Å². The quantitative estimate of drug-likeness (QED) is 0.627. The monoisotopic (exact) mass is 384 g/mol. The smallest absolute Gasteiger partial charge is 0.234 e. The maximum atomic E-state index is 12.4. The van der Waals surface area contributed by atoms with E-state index in [4.69, 9.17) is 0 Å². The number of aromatic nitrogens is 3. The maximum absolute atomic E-state index is 12.4. The number of nitrogens with zero attached hydrogens (tertiary/aromatic N) is 3. The molecule has 2 aromatic heterocycles. The summed E-state index contributed by atoms with van der Waals surface area (Å²) in [6.45, 7) is 4.05. The van der Waals surface area contributed by atoms with Gasteiger partial charge in [0.1, 0.15) is 0 Å². The zero-order valence-electron chi connectivity index (χ0n) is 14.7. The lowest BCUT2D eigenvalue weighted by Crippen LogP contribution is -2.15. The number of thioether (sulfide) groups is 1. The summed E-state index contributed by atoms with van der Waals surface area (Å²) < 4.78 is 2.20. The van der Waals surface area contributed by atoms with Gasteiger partial charge in [0.2, 0.25) is 5.91 Å². The summed E-state index contributed by atoms with van der Waals surface area (Å²) in [7, 11) is 0. The lowest BCUT2D eigenvalue weighted by atomic mass is 10.1. The molecule has 0 saturated heterocycles. The molecule has 0 bridgehead atoms. The van der Waals surface area contributed by atoms with Gasteiger partial charge in [-0.25, -0.2) is 0 Å². The topological polar surface area (TPSA) is 59.8 Å². The molecule has 7 heteroatoms. The van der Waals surface area contributed by atoms with Crippen LogP contribution in [0.1, 0.15) is 30.0 Å². The minimum atomic E-state index is -0.0232. The number of carbonyl (C=O) groups excluding carboxylic acids is 1. The average molecular weight is 385 g/mol. The average Bonchev–Trinajstić information content (AvgIpc) is 3.14. The second-order valence-corrected chi connectivity index (χ2v) is 8.43. The van der Waals surface area contributed by atoms with Gasteiger partial charge in [0.25, 0.3) is 0 Å². The van der Waals surface area contributed by atoms with Crippen molar-refractivity contribution in [3.63, 3.8) is 0 Å². The lowest BCUT2D eigenvalue weighted by molar-refractivity contribution is -0.113. The molecule has 1 amide bonds. The SMILES string of the molecule is Cc1ccc(NC(=O)CSc2nnc(-c3cccs3)n2C2CC2)c(C)c1. The maximum Gasteiger partial charge on any atom is 0.234 e. The van der Waals surface area contributed by atoms with E-state index in [1.54, 1.807) is 11.3 Å². The van der Waals surface area contributed by atoms with Gasteiger partial charge in [0.15, 0.2) is 11.0 Å². The predicted molar refractivity (Wildman–Crippen MR) is 107 cm³/mol. The molecule has 0 atom stereocenters. The number of hydrogen-bond acceptors (Lipinski definition) is 5. The molecule has 1 saturated carbocycles. The van der Waals surface area contributed by atoms with Gasteiger partial charge in [-0.05, 0) is 49.8 Å². The number of hydrogen-bond donors (Lipinski definition) is 1. The standard InChI is InChI=1S/C19H20N4OS2/c1-12-5-8-15(13(2)10-12)20-17(24)11-26-19-22-21-18(16-4-3-9-25-16)23(19)14-6-7-14/h3-5,8-10,14H,6-7,11H2,1-2H3,(H,20,24). The van der Waals surface area contributed by atoms with Crippen LogP contribution in [0.3, 0.4) is 0 Å². The molecular formula is C19H20N4OS2. The molecule has 1 fully saturated rings. The summed E-state index contributed by atoms with van der Waals surface area (Å²) >= 11 is 3.12. The molecule has 0 radical (unpaired) electrons. The summed E-state index contributed by atoms with van der Waals surface area (Å²) in [5.41, 5.74) is 3.13. The van der Waals surface area contributed by atoms with E-state index in [9.17, 15) is 4.79 Å². The Labute approximate surface area is 160 Å². The third-order valence-electron chi connectivity index (χ3n) is 4.31. The van der Waals surface area contributed by atoms with Crippen molar-refractivity contribution < 1.29 is 4.79 Å². The van der Waals surface area contributed by atoms with Crippen LogP contribution in [0.15, 0.2) is 40.9 Å². The van der Waals surface area contributed by atoms with Gasteiger partial charge in [0, 0.05) is 11.7 Å². The molecule has 4 rings (SSSR count). The third-order valence-corrected chi connectivity index (χ3v) is 6.12. The molecule has 2 heterocycles. The Kier molecular flexibility index (Phi) is 4.82. The van der Waals surface area contributed by atoms with Crippen molar-refractivity contribution in [1.82, 2.24) is 14.8 Å². The number of carbonyl (C=O) groups is 1. The summed E-state index contributed by atoms with van der Waals surface area (Å²) in [6.07, 6.45) is 2.30. The number of anilines is 1. The molecular weight excluding hydrogens is 364 g/mol. The fourth-order valence-corrected chi connectivity index (χ4v) is 4.39. The van der Waals surface area contributed by atoms with Crippen LogP contribution in [0.25, 0.3) is 10.7 Å². The number of benzene rings is 1. The number of aryl methyl sites for hydroxylation is 2. The Bertz CT molecular complexity index is 929. The Morgan fingerprint density at radius 1 is 1.31 bits per heavy atom. The highest BCUT2D eigenvalue weighted by Crippen LogP contribution is 2.41. The van der Waals surface area contributed by atoms with Gasteiger partial charge in [-0.2, -0.15) is 0 Å². The molecule has 1 aliphatic carbocycles. The second-order valence-electron chi connectivity index (χ2n) is 6.54. The molecule has 3 aromatic rings. The van der Waals surface area contributed by atoms with Gasteiger partial charge >= 0.3 is 0 Å². The Morgan fingerprint density at radius 3 is 2.85 bits per heavy atom. The first-order valence-electron chi connectivity index (χ1n) is 8.60. The van der Waals surface area contributed by atoms with Crippen molar-refractivity contribution in [1.29, 1.82) is 0 Å². The highest BCUT2D eigenvalue weighted by atomic mass is 32.2. The number of amides is 1. The van der Waals surface area contributed by atoms with Crippen molar-refractivity contribution in [2.75, 3.05) is 11.1 Å². The van der Waals surface area contributed by atoms with Gasteiger partial charge in [-0.3, -0.25) is 9.36 Å². The van der Waals surface area contributed by atoms with Crippen LogP contribution in [0, 0.1) is 13.8 Å². The van der Waals surface area contributed by atoms with Crippen LogP contribution >= 0.6 is 23.1 Å². The van der Waals surface area contributed by atoms with Crippen molar-refractivity contribution in [2.45, 2.75) is 37.9 Å². The number of thiophene rings is 1. The minimum Gasteiger partial charge on any atom is -0.325 e. The Morgan fingerprint density at radius 2 is 2.15 bits per heavy atom. The Balaban J connectivity index is 1.45. The van der Waals surface area contributed by atoms with E-state index in [1.807, 2.05) is 37.4 Å². The first kappa shape index (κ1) is 17.3. The molecule has 1 aromatic carbocycles. The van der Waals surface area contributed by atoms with Crippen molar-refractivity contribution >= 4 is 34.7 Å². The predicted octanol–water partition coefficient (Wildman–Crippen LogP) is 4.69. The van der Waals surface area contributed by atoms with Gasteiger partial charge in [-0.15, -0.1) is 21.5 Å². The molecule has 1 N–H and O–H groups in total. The second kappa shape index (κ2) is 7.25. The molecule has 5 nitrogen and oxygen atoms in total. The van der Waals surface area contributed by atoms with Crippen LogP contribution in [0.5, 0.6) is 0 Å². The van der Waals surface area contributed by atoms with Gasteiger partial charge < -0.3 is 5.32 Å². The molecule has 0 aliphatic heterocycles. The van der Waals surface area contributed by atoms with Gasteiger partial charge in [0.05, 0.1) is 10.6 Å². The molecule has 0 unspecified atom stereocenters. The van der Waals surface area contributed by atoms with E-state index < -0.39 is 0 Å². The fraction of sp³-hybridized carbons (Fsp3) is 0.316. The fourth-order valence-electron chi connectivity index (χ4n) is 2.88. The van der Waals surface area contributed by atoms with Crippen LogP contribution < -0.4 is 5.32 Å². The summed E-state index contributed by atoms with van der Waals surface area (Å²) in [4.78, 5) is 13.5. The highest BCUT2D eigenvalue weighted by Gasteiger charge is 2.30. The minimum absolute atomic E-state index is 0.0232. The number of nitrogens with one attached hydrogen (secondary N) is 1. The first-order valence-corrected chi connectivity index (χ1v) is 10.5. The summed E-state index contributed by atoms with van der Waals surface area (Å²) in [5, 5.41) is 14.6. The summed E-state index contributed by atoms with van der Waals surface area (Å²) in [6, 6.07) is 10.6.